The van der Waals surface area contributed by atoms with Crippen LogP contribution in [0.4, 0.5) is 5.69 Å². The molecule has 2 heterocycles. The lowest BCUT2D eigenvalue weighted by Crippen LogP contribution is -1.94. The number of aryl methyl sites for hydroxylation is 1. The molecule has 0 unspecified atom stereocenters. The van der Waals surface area contributed by atoms with Gasteiger partial charge < -0.3 is 5.73 Å². The van der Waals surface area contributed by atoms with Crippen LogP contribution in [0.25, 0.3) is 0 Å². The SMILES string of the molecule is Cc1csc(Sc2ncnc(Cl)c2N)n1. The van der Waals surface area contributed by atoms with E-state index < -0.39 is 0 Å². The zero-order valence-corrected chi connectivity index (χ0v) is 10.2. The van der Waals surface area contributed by atoms with E-state index in [9.17, 15) is 0 Å². The minimum Gasteiger partial charge on any atom is -0.394 e. The van der Waals surface area contributed by atoms with Gasteiger partial charge in [-0.1, -0.05) is 11.6 Å². The van der Waals surface area contributed by atoms with Gasteiger partial charge in [-0.05, 0) is 18.7 Å². The highest BCUT2D eigenvalue weighted by atomic mass is 35.5. The molecule has 0 radical (unpaired) electrons. The second-order valence-corrected chi connectivity index (χ2v) is 5.19. The standard InChI is InChI=1S/C8H7ClN4S2/c1-4-2-14-8(13-4)15-7-5(10)6(9)11-3-12-7/h2-3H,10H2,1H3. The third-order valence-corrected chi connectivity index (χ3v) is 3.96. The summed E-state index contributed by atoms with van der Waals surface area (Å²) in [5.41, 5.74) is 7.12. The summed E-state index contributed by atoms with van der Waals surface area (Å²) in [5, 5.41) is 2.89. The summed E-state index contributed by atoms with van der Waals surface area (Å²) in [6.07, 6.45) is 1.39. The van der Waals surface area contributed by atoms with Crippen LogP contribution in [0.2, 0.25) is 5.15 Å². The summed E-state index contributed by atoms with van der Waals surface area (Å²) >= 11 is 8.73. The lowest BCUT2D eigenvalue weighted by molar-refractivity contribution is 1.05. The average Bonchev–Trinajstić information content (AvgIpc) is 2.59. The molecule has 2 aromatic heterocycles. The van der Waals surface area contributed by atoms with Crippen LogP contribution in [0, 0.1) is 6.92 Å². The Hall–Kier alpha value is -0.850. The number of halogens is 1. The number of thiazole rings is 1. The van der Waals surface area contributed by atoms with Crippen LogP contribution in [-0.4, -0.2) is 15.0 Å². The molecule has 0 amide bonds. The molecule has 78 valence electrons. The molecule has 7 heteroatoms. The molecule has 0 aliphatic rings. The van der Waals surface area contributed by atoms with Gasteiger partial charge in [-0.15, -0.1) is 11.3 Å². The molecule has 4 nitrogen and oxygen atoms in total. The van der Waals surface area contributed by atoms with Crippen molar-refractivity contribution in [3.8, 4) is 0 Å². The van der Waals surface area contributed by atoms with Crippen LogP contribution in [0.5, 0.6) is 0 Å². The molecule has 15 heavy (non-hydrogen) atoms. The fourth-order valence-electron chi connectivity index (χ4n) is 0.903. The number of rotatable bonds is 2. The molecular formula is C8H7ClN4S2. The van der Waals surface area contributed by atoms with Gasteiger partial charge in [-0.3, -0.25) is 0 Å². The van der Waals surface area contributed by atoms with Crippen molar-refractivity contribution in [2.24, 2.45) is 0 Å². The normalized spacial score (nSPS) is 10.5. The van der Waals surface area contributed by atoms with Crippen LogP contribution in [0.1, 0.15) is 5.69 Å². The number of aromatic nitrogens is 3. The Morgan fingerprint density at radius 2 is 2.27 bits per heavy atom. The fourth-order valence-corrected chi connectivity index (χ4v) is 2.85. The summed E-state index contributed by atoms with van der Waals surface area (Å²) in [6, 6.07) is 0. The van der Waals surface area contributed by atoms with Crippen molar-refractivity contribution in [3.63, 3.8) is 0 Å². The third kappa shape index (κ3) is 2.39. The first-order valence-electron chi connectivity index (χ1n) is 4.03. The highest BCUT2D eigenvalue weighted by molar-refractivity contribution is 8.01. The second-order valence-electron chi connectivity index (χ2n) is 2.74. The van der Waals surface area contributed by atoms with Gasteiger partial charge in [0.05, 0.1) is 0 Å². The maximum atomic E-state index is 5.78. The minimum absolute atomic E-state index is 0.278. The summed E-state index contributed by atoms with van der Waals surface area (Å²) in [6.45, 7) is 1.94. The highest BCUT2D eigenvalue weighted by Crippen LogP contribution is 2.34. The predicted octanol–water partition coefficient (Wildman–Crippen LogP) is 2.63. The van der Waals surface area contributed by atoms with Gasteiger partial charge in [0.2, 0.25) is 0 Å². The molecule has 2 rings (SSSR count). The summed E-state index contributed by atoms with van der Waals surface area (Å²) in [7, 11) is 0. The Balaban J connectivity index is 2.28. The maximum Gasteiger partial charge on any atom is 0.156 e. The summed E-state index contributed by atoms with van der Waals surface area (Å²) < 4.78 is 0.897. The number of nitrogen functional groups attached to an aromatic ring is 1. The Morgan fingerprint density at radius 1 is 1.47 bits per heavy atom. The first-order chi connectivity index (χ1) is 7.16. The van der Waals surface area contributed by atoms with Gasteiger partial charge >= 0.3 is 0 Å². The summed E-state index contributed by atoms with van der Waals surface area (Å²) in [4.78, 5) is 12.1. The van der Waals surface area contributed by atoms with E-state index in [1.54, 1.807) is 11.3 Å². The molecule has 0 aliphatic heterocycles. The molecule has 2 aromatic rings. The predicted molar refractivity (Wildman–Crippen MR) is 62.4 cm³/mol. The maximum absolute atomic E-state index is 5.78. The number of nitrogens with zero attached hydrogens (tertiary/aromatic N) is 3. The van der Waals surface area contributed by atoms with E-state index in [1.807, 2.05) is 12.3 Å². The first kappa shape index (κ1) is 10.7. The third-order valence-electron chi connectivity index (χ3n) is 1.58. The van der Waals surface area contributed by atoms with Crippen molar-refractivity contribution in [2.75, 3.05) is 5.73 Å². The van der Waals surface area contributed by atoms with E-state index in [2.05, 4.69) is 15.0 Å². The Labute approximate surface area is 99.9 Å². The van der Waals surface area contributed by atoms with Crippen molar-refractivity contribution in [3.05, 3.63) is 22.6 Å². The van der Waals surface area contributed by atoms with E-state index in [4.69, 9.17) is 17.3 Å². The van der Waals surface area contributed by atoms with Gasteiger partial charge in [0.25, 0.3) is 0 Å². The molecule has 0 fully saturated rings. The van der Waals surface area contributed by atoms with Gasteiger partial charge in [0, 0.05) is 11.1 Å². The first-order valence-corrected chi connectivity index (χ1v) is 6.10. The second kappa shape index (κ2) is 4.34. The fraction of sp³-hybridized carbons (Fsp3) is 0.125. The van der Waals surface area contributed by atoms with E-state index in [0.29, 0.717) is 10.7 Å². The number of anilines is 1. The van der Waals surface area contributed by atoms with E-state index in [-0.39, 0.29) is 5.15 Å². The van der Waals surface area contributed by atoms with E-state index in [0.717, 1.165) is 10.0 Å². The van der Waals surface area contributed by atoms with Crippen LogP contribution in [0.15, 0.2) is 21.1 Å². The van der Waals surface area contributed by atoms with Crippen LogP contribution < -0.4 is 5.73 Å². The molecule has 0 aromatic carbocycles. The van der Waals surface area contributed by atoms with Crippen molar-refractivity contribution >= 4 is 40.4 Å². The molecular weight excluding hydrogens is 252 g/mol. The zero-order valence-electron chi connectivity index (χ0n) is 7.77. The lowest BCUT2D eigenvalue weighted by Gasteiger charge is -2.01. The Bertz CT molecular complexity index is 485. The van der Waals surface area contributed by atoms with Crippen molar-refractivity contribution in [1.82, 2.24) is 15.0 Å². The monoisotopic (exact) mass is 258 g/mol. The van der Waals surface area contributed by atoms with Crippen LogP contribution in [0.3, 0.4) is 0 Å². The van der Waals surface area contributed by atoms with Crippen LogP contribution in [-0.2, 0) is 0 Å². The van der Waals surface area contributed by atoms with Crippen molar-refractivity contribution in [2.45, 2.75) is 16.3 Å². The van der Waals surface area contributed by atoms with Gasteiger partial charge in [-0.2, -0.15) is 0 Å². The largest absolute Gasteiger partial charge is 0.394 e. The molecule has 2 N–H and O–H groups in total. The average molecular weight is 259 g/mol. The highest BCUT2D eigenvalue weighted by Gasteiger charge is 2.09. The molecule has 0 spiro atoms. The summed E-state index contributed by atoms with van der Waals surface area (Å²) in [5.74, 6) is 0. The molecule has 0 aliphatic carbocycles. The quantitative estimate of drug-likeness (QED) is 0.839. The number of nitrogens with two attached hydrogens (primary N) is 1. The Kier molecular flexibility index (Phi) is 3.08. The van der Waals surface area contributed by atoms with Crippen LogP contribution >= 0.6 is 34.7 Å². The molecule has 0 saturated heterocycles. The number of hydrogen-bond donors (Lipinski definition) is 1. The number of hydrogen-bond acceptors (Lipinski definition) is 6. The topological polar surface area (TPSA) is 64.7 Å². The van der Waals surface area contributed by atoms with E-state index in [1.165, 1.54) is 18.1 Å². The van der Waals surface area contributed by atoms with Crippen molar-refractivity contribution < 1.29 is 0 Å². The lowest BCUT2D eigenvalue weighted by atomic mass is 10.6. The van der Waals surface area contributed by atoms with Gasteiger partial charge in [0.15, 0.2) is 9.49 Å². The van der Waals surface area contributed by atoms with Gasteiger partial charge in [0.1, 0.15) is 17.0 Å². The minimum atomic E-state index is 0.278. The molecule has 0 bridgehead atoms. The Morgan fingerprint density at radius 3 is 2.93 bits per heavy atom. The van der Waals surface area contributed by atoms with Crippen molar-refractivity contribution in [1.29, 1.82) is 0 Å². The molecule has 0 saturated carbocycles. The molecule has 0 atom stereocenters. The van der Waals surface area contributed by atoms with Gasteiger partial charge in [-0.25, -0.2) is 15.0 Å². The zero-order chi connectivity index (χ0) is 10.8. The van der Waals surface area contributed by atoms with E-state index >= 15 is 0 Å². The smallest absolute Gasteiger partial charge is 0.156 e.